The second-order valence-electron chi connectivity index (χ2n) is 7.16. The van der Waals surface area contributed by atoms with Gasteiger partial charge in [-0.05, 0) is 54.3 Å². The van der Waals surface area contributed by atoms with Gasteiger partial charge in [0.25, 0.3) is 11.8 Å². The first-order valence-electron chi connectivity index (χ1n) is 9.45. The molecule has 0 aliphatic carbocycles. The molecule has 0 saturated carbocycles. The molecule has 0 spiro atoms. The summed E-state index contributed by atoms with van der Waals surface area (Å²) in [5, 5.41) is 8.77. The molecule has 29 heavy (non-hydrogen) atoms. The van der Waals surface area contributed by atoms with Gasteiger partial charge >= 0.3 is 0 Å². The van der Waals surface area contributed by atoms with Gasteiger partial charge in [0.1, 0.15) is 6.04 Å². The van der Waals surface area contributed by atoms with E-state index in [1.807, 2.05) is 13.8 Å². The van der Waals surface area contributed by atoms with Crippen LogP contribution in [0.15, 0.2) is 48.5 Å². The Kier molecular flexibility index (Phi) is 8.21. The van der Waals surface area contributed by atoms with E-state index in [9.17, 15) is 14.4 Å². The fraction of sp³-hybridized carbons (Fsp3) is 0.318. The lowest BCUT2D eigenvalue weighted by molar-refractivity contribution is -0.123. The number of hydrogen-bond donors (Lipinski definition) is 3. The molecular weight excluding hydrogens is 390 g/mol. The summed E-state index contributed by atoms with van der Waals surface area (Å²) >= 11 is 5.86. The molecule has 0 saturated heterocycles. The minimum atomic E-state index is -0.650. The molecule has 0 heterocycles. The standard InChI is InChI=1S/C22H26ClN3O3/c1-14(2)12-19(26-21(28)17-8-10-18(23)11-9-17)22(29)25-13-15-4-6-16(7-5-15)20(27)24-3/h4-11,14,19H,12-13H2,1-3H3,(H,24,27)(H,25,29)(H,26,28). The van der Waals surface area contributed by atoms with Crippen LogP contribution in [0.4, 0.5) is 0 Å². The molecule has 0 radical (unpaired) electrons. The van der Waals surface area contributed by atoms with Crippen LogP contribution in [0.5, 0.6) is 0 Å². The van der Waals surface area contributed by atoms with Crippen LogP contribution in [-0.2, 0) is 11.3 Å². The van der Waals surface area contributed by atoms with Crippen LogP contribution in [0.2, 0.25) is 5.02 Å². The minimum absolute atomic E-state index is 0.164. The first-order valence-corrected chi connectivity index (χ1v) is 9.83. The lowest BCUT2D eigenvalue weighted by Crippen LogP contribution is -2.47. The molecule has 0 aliphatic rings. The van der Waals surface area contributed by atoms with E-state index in [0.717, 1.165) is 5.56 Å². The molecule has 2 rings (SSSR count). The third kappa shape index (κ3) is 6.91. The van der Waals surface area contributed by atoms with E-state index in [0.29, 0.717) is 29.1 Å². The molecule has 2 aromatic rings. The molecule has 0 fully saturated rings. The predicted molar refractivity (Wildman–Crippen MR) is 114 cm³/mol. The first kappa shape index (κ1) is 22.4. The lowest BCUT2D eigenvalue weighted by atomic mass is 10.0. The van der Waals surface area contributed by atoms with Crippen molar-refractivity contribution in [1.29, 1.82) is 0 Å². The highest BCUT2D eigenvalue weighted by atomic mass is 35.5. The molecule has 1 unspecified atom stereocenters. The number of amides is 3. The van der Waals surface area contributed by atoms with E-state index >= 15 is 0 Å². The van der Waals surface area contributed by atoms with Crippen molar-refractivity contribution in [1.82, 2.24) is 16.0 Å². The molecule has 154 valence electrons. The largest absolute Gasteiger partial charge is 0.355 e. The van der Waals surface area contributed by atoms with Gasteiger partial charge in [-0.2, -0.15) is 0 Å². The van der Waals surface area contributed by atoms with E-state index in [2.05, 4.69) is 16.0 Å². The third-order valence-corrected chi connectivity index (χ3v) is 4.60. The normalized spacial score (nSPS) is 11.6. The van der Waals surface area contributed by atoms with Gasteiger partial charge in [-0.3, -0.25) is 14.4 Å². The lowest BCUT2D eigenvalue weighted by Gasteiger charge is -2.20. The van der Waals surface area contributed by atoms with Crippen LogP contribution in [0.25, 0.3) is 0 Å². The number of carbonyl (C=O) groups is 3. The van der Waals surface area contributed by atoms with Crippen molar-refractivity contribution in [2.45, 2.75) is 32.9 Å². The minimum Gasteiger partial charge on any atom is -0.355 e. The SMILES string of the molecule is CNC(=O)c1ccc(CNC(=O)C(CC(C)C)NC(=O)c2ccc(Cl)cc2)cc1. The Labute approximate surface area is 176 Å². The zero-order valence-electron chi connectivity index (χ0n) is 16.8. The van der Waals surface area contributed by atoms with Gasteiger partial charge in [-0.25, -0.2) is 0 Å². The molecule has 6 nitrogen and oxygen atoms in total. The summed E-state index contributed by atoms with van der Waals surface area (Å²) in [5.74, 6) is -0.514. The quantitative estimate of drug-likeness (QED) is 0.618. The Morgan fingerprint density at radius 3 is 2.00 bits per heavy atom. The van der Waals surface area contributed by atoms with Gasteiger partial charge < -0.3 is 16.0 Å². The first-order chi connectivity index (χ1) is 13.8. The maximum Gasteiger partial charge on any atom is 0.251 e. The van der Waals surface area contributed by atoms with Crippen LogP contribution in [0.1, 0.15) is 46.5 Å². The topological polar surface area (TPSA) is 87.3 Å². The van der Waals surface area contributed by atoms with Gasteiger partial charge in [-0.1, -0.05) is 37.6 Å². The average Bonchev–Trinajstić information content (AvgIpc) is 2.71. The van der Waals surface area contributed by atoms with Crippen LogP contribution in [0.3, 0.4) is 0 Å². The Morgan fingerprint density at radius 1 is 0.897 bits per heavy atom. The van der Waals surface area contributed by atoms with Crippen molar-refractivity contribution < 1.29 is 14.4 Å². The molecule has 0 aromatic heterocycles. The highest BCUT2D eigenvalue weighted by molar-refractivity contribution is 6.30. The Balaban J connectivity index is 1.99. The molecule has 0 aliphatic heterocycles. The van der Waals surface area contributed by atoms with E-state index in [4.69, 9.17) is 11.6 Å². The summed E-state index contributed by atoms with van der Waals surface area (Å²) in [6.07, 6.45) is 0.515. The summed E-state index contributed by atoms with van der Waals surface area (Å²) in [7, 11) is 1.57. The molecule has 2 aromatic carbocycles. The molecule has 7 heteroatoms. The van der Waals surface area contributed by atoms with E-state index in [-0.39, 0.29) is 23.6 Å². The summed E-state index contributed by atoms with van der Waals surface area (Å²) in [5.41, 5.74) is 1.86. The van der Waals surface area contributed by atoms with E-state index in [1.165, 1.54) is 0 Å². The smallest absolute Gasteiger partial charge is 0.251 e. The van der Waals surface area contributed by atoms with Crippen molar-refractivity contribution in [3.05, 3.63) is 70.2 Å². The van der Waals surface area contributed by atoms with Crippen LogP contribution in [0, 0.1) is 5.92 Å². The monoisotopic (exact) mass is 415 g/mol. The average molecular weight is 416 g/mol. The Morgan fingerprint density at radius 2 is 1.45 bits per heavy atom. The van der Waals surface area contributed by atoms with E-state index < -0.39 is 6.04 Å². The van der Waals surface area contributed by atoms with Gasteiger partial charge in [0.15, 0.2) is 0 Å². The van der Waals surface area contributed by atoms with Crippen molar-refractivity contribution in [2.75, 3.05) is 7.05 Å². The molecule has 3 amide bonds. The summed E-state index contributed by atoms with van der Waals surface area (Å²) in [4.78, 5) is 36.8. The third-order valence-electron chi connectivity index (χ3n) is 4.35. The van der Waals surface area contributed by atoms with Gasteiger partial charge in [0.2, 0.25) is 5.91 Å². The van der Waals surface area contributed by atoms with Crippen molar-refractivity contribution in [2.24, 2.45) is 5.92 Å². The van der Waals surface area contributed by atoms with Crippen molar-refractivity contribution >= 4 is 29.3 Å². The fourth-order valence-electron chi connectivity index (χ4n) is 2.78. The number of halogens is 1. The van der Waals surface area contributed by atoms with Gasteiger partial charge in [-0.15, -0.1) is 0 Å². The molecule has 0 bridgehead atoms. The molecular formula is C22H26ClN3O3. The zero-order valence-corrected chi connectivity index (χ0v) is 17.5. The fourth-order valence-corrected chi connectivity index (χ4v) is 2.90. The van der Waals surface area contributed by atoms with Gasteiger partial charge in [0.05, 0.1) is 0 Å². The van der Waals surface area contributed by atoms with Gasteiger partial charge in [0, 0.05) is 29.7 Å². The zero-order chi connectivity index (χ0) is 21.4. The van der Waals surface area contributed by atoms with Crippen molar-refractivity contribution in [3.63, 3.8) is 0 Å². The van der Waals surface area contributed by atoms with Crippen LogP contribution >= 0.6 is 11.6 Å². The highest BCUT2D eigenvalue weighted by Gasteiger charge is 2.22. The molecule has 1 atom stereocenters. The number of hydrogen-bond acceptors (Lipinski definition) is 3. The Bertz CT molecular complexity index is 849. The number of carbonyl (C=O) groups excluding carboxylic acids is 3. The predicted octanol–water partition coefficient (Wildman–Crippen LogP) is 3.16. The number of benzene rings is 2. The maximum absolute atomic E-state index is 12.7. The summed E-state index contributed by atoms with van der Waals surface area (Å²) in [6.45, 7) is 4.29. The van der Waals surface area contributed by atoms with E-state index in [1.54, 1.807) is 55.6 Å². The number of nitrogens with one attached hydrogen (secondary N) is 3. The van der Waals surface area contributed by atoms with Crippen LogP contribution < -0.4 is 16.0 Å². The molecule has 3 N–H and O–H groups in total. The summed E-state index contributed by atoms with van der Waals surface area (Å²) < 4.78 is 0. The van der Waals surface area contributed by atoms with Crippen LogP contribution in [-0.4, -0.2) is 30.8 Å². The summed E-state index contributed by atoms with van der Waals surface area (Å²) in [6, 6.07) is 12.8. The maximum atomic E-state index is 12.7. The number of rotatable bonds is 8. The second-order valence-corrected chi connectivity index (χ2v) is 7.59. The van der Waals surface area contributed by atoms with Crippen molar-refractivity contribution in [3.8, 4) is 0 Å². The Hall–Kier alpha value is -2.86. The second kappa shape index (κ2) is 10.6. The highest BCUT2D eigenvalue weighted by Crippen LogP contribution is 2.11.